The molecule has 7 atom stereocenters. The highest BCUT2D eigenvalue weighted by molar-refractivity contribution is 7.98. The summed E-state index contributed by atoms with van der Waals surface area (Å²) in [6, 6.07) is 5.90. The first-order valence-corrected chi connectivity index (χ1v) is 25.4. The Morgan fingerprint density at radius 2 is 1.49 bits per heavy atom. The van der Waals surface area contributed by atoms with Crippen molar-refractivity contribution < 1.29 is 57.6 Å². The second-order valence-electron chi connectivity index (χ2n) is 18.4. The van der Waals surface area contributed by atoms with E-state index in [0.29, 0.717) is 70.2 Å². The smallest absolute Gasteiger partial charge is 0.242 e. The van der Waals surface area contributed by atoms with Crippen LogP contribution in [0.25, 0.3) is 0 Å². The van der Waals surface area contributed by atoms with Gasteiger partial charge in [0, 0.05) is 52.0 Å². The van der Waals surface area contributed by atoms with E-state index in [2.05, 4.69) is 15.4 Å². The number of amides is 6. The van der Waals surface area contributed by atoms with Gasteiger partial charge in [-0.25, -0.2) is 0 Å². The highest BCUT2D eigenvalue weighted by atomic mass is 32.2. The Labute approximate surface area is 421 Å². The molecule has 1 saturated heterocycles. The zero-order valence-corrected chi connectivity index (χ0v) is 44.8. The van der Waals surface area contributed by atoms with Crippen LogP contribution in [0.3, 0.4) is 0 Å². The SMILES string of the molecule is CC/C(=C/O)CC(=O)N(C)CCOCCOCCOCCC(=O)Nc1ccc(SNC(=O)C(C)C(OC)C2CCCN2C(=O)CC(OC)C(C(C)CC)N(C)C(=O)CNC(=O)C(C(C)C)N(C)C)cc1. The zero-order chi connectivity index (χ0) is 52.3. The van der Waals surface area contributed by atoms with Crippen LogP contribution < -0.4 is 15.4 Å². The summed E-state index contributed by atoms with van der Waals surface area (Å²) in [6.07, 6.45) is 2.89. The van der Waals surface area contributed by atoms with Crippen LogP contribution >= 0.6 is 11.9 Å². The number of aliphatic hydroxyl groups excluding tert-OH is 1. The van der Waals surface area contributed by atoms with Gasteiger partial charge in [-0.15, -0.1) is 0 Å². The normalized spacial score (nSPS) is 16.6. The maximum Gasteiger partial charge on any atom is 0.242 e. The first kappa shape index (κ1) is 61.8. The largest absolute Gasteiger partial charge is 0.516 e. The quantitative estimate of drug-likeness (QED) is 0.0425. The summed E-state index contributed by atoms with van der Waals surface area (Å²) in [4.78, 5) is 86.4. The third-order valence-corrected chi connectivity index (χ3v) is 13.6. The number of hydrogen-bond acceptors (Lipinski definition) is 14. The van der Waals surface area contributed by atoms with Crippen molar-refractivity contribution in [2.75, 3.05) is 107 Å². The number of aliphatic hydroxyl groups is 1. The number of anilines is 1. The Bertz CT molecular complexity index is 1780. The van der Waals surface area contributed by atoms with E-state index in [4.69, 9.17) is 28.8 Å². The molecule has 20 heteroatoms. The third kappa shape index (κ3) is 20.8. The summed E-state index contributed by atoms with van der Waals surface area (Å²) in [7, 11) is 10.1. The van der Waals surface area contributed by atoms with Crippen molar-refractivity contribution in [3.05, 3.63) is 36.1 Å². The number of hydrogen-bond donors (Lipinski definition) is 4. The molecule has 6 amide bonds. The van der Waals surface area contributed by atoms with Crippen molar-refractivity contribution in [1.29, 1.82) is 0 Å². The monoisotopic (exact) mass is 1010 g/mol. The van der Waals surface area contributed by atoms with Crippen molar-refractivity contribution in [2.45, 2.75) is 122 Å². The van der Waals surface area contributed by atoms with E-state index in [1.807, 2.05) is 53.6 Å². The van der Waals surface area contributed by atoms with Gasteiger partial charge in [0.1, 0.15) is 0 Å². The Hall–Kier alpha value is -4.31. The molecule has 7 unspecified atom stereocenters. The standard InChI is InChI=1S/C50H85N7O12S/c1-13-35(5)47(56(10)45(62)32-51-50(64)46(34(3)4)54(7)8)41(65-11)31-44(61)57-22-15-16-40(57)48(66-12)36(6)49(63)53-70-39-19-17-38(18-20-39)52-42(59)21-24-67-26-28-69-29-27-68-25-23-55(9)43(60)30-37(14-2)33-58/h17-20,33-36,40-41,46-48,58H,13-16,21-32H2,1-12H3,(H,51,64)(H,52,59)(H,53,63)/b37-33-. The molecule has 2 rings (SSSR count). The van der Waals surface area contributed by atoms with Gasteiger partial charge in [-0.2, -0.15) is 0 Å². The van der Waals surface area contributed by atoms with E-state index in [-0.39, 0.29) is 91.8 Å². The Balaban J connectivity index is 1.81. The molecule has 1 fully saturated rings. The van der Waals surface area contributed by atoms with Crippen molar-refractivity contribution in [3.63, 3.8) is 0 Å². The number of methoxy groups -OCH3 is 2. The predicted molar refractivity (Wildman–Crippen MR) is 271 cm³/mol. The minimum atomic E-state index is -0.623. The molecule has 1 aromatic rings. The molecule has 70 heavy (non-hydrogen) atoms. The van der Waals surface area contributed by atoms with E-state index >= 15 is 0 Å². The number of ether oxygens (including phenoxy) is 5. The first-order chi connectivity index (χ1) is 33.3. The summed E-state index contributed by atoms with van der Waals surface area (Å²) >= 11 is 1.14. The number of carbonyl (C=O) groups excluding carboxylic acids is 6. The van der Waals surface area contributed by atoms with Gasteiger partial charge >= 0.3 is 0 Å². The molecule has 0 aromatic heterocycles. The molecular weight excluding hydrogens is 923 g/mol. The molecule has 0 spiro atoms. The predicted octanol–water partition coefficient (Wildman–Crippen LogP) is 4.51. The van der Waals surface area contributed by atoms with Gasteiger partial charge in [0.2, 0.25) is 35.4 Å². The molecule has 4 N–H and O–H groups in total. The van der Waals surface area contributed by atoms with Crippen LogP contribution in [0.4, 0.5) is 5.69 Å². The maximum atomic E-state index is 14.1. The molecule has 1 heterocycles. The molecule has 398 valence electrons. The second-order valence-corrected chi connectivity index (χ2v) is 19.3. The van der Waals surface area contributed by atoms with Gasteiger partial charge in [-0.05, 0) is 87.0 Å². The van der Waals surface area contributed by atoms with Crippen molar-refractivity contribution >= 4 is 53.1 Å². The molecule has 1 aliphatic rings. The highest BCUT2D eigenvalue weighted by Crippen LogP contribution is 2.30. The minimum absolute atomic E-state index is 0.0191. The summed E-state index contributed by atoms with van der Waals surface area (Å²) in [5.74, 6) is -1.78. The van der Waals surface area contributed by atoms with E-state index in [1.54, 1.807) is 74.2 Å². The van der Waals surface area contributed by atoms with E-state index in [1.165, 1.54) is 0 Å². The lowest BCUT2D eigenvalue weighted by Gasteiger charge is -2.39. The lowest BCUT2D eigenvalue weighted by atomic mass is 9.90. The maximum absolute atomic E-state index is 14.1. The van der Waals surface area contributed by atoms with E-state index in [0.717, 1.165) is 35.9 Å². The van der Waals surface area contributed by atoms with Crippen LogP contribution in [-0.4, -0.2) is 192 Å². The number of benzene rings is 1. The molecule has 0 radical (unpaired) electrons. The third-order valence-electron chi connectivity index (χ3n) is 12.8. The zero-order valence-electron chi connectivity index (χ0n) is 44.0. The topological polar surface area (TPSA) is 218 Å². The Morgan fingerprint density at radius 3 is 2.04 bits per heavy atom. The van der Waals surface area contributed by atoms with Crippen LogP contribution in [0.5, 0.6) is 0 Å². The number of likely N-dealkylation sites (N-methyl/N-ethyl adjacent to an activating group) is 3. The molecule has 1 aliphatic heterocycles. The van der Waals surface area contributed by atoms with Crippen LogP contribution in [0.2, 0.25) is 0 Å². The van der Waals surface area contributed by atoms with Crippen LogP contribution in [0.15, 0.2) is 41.0 Å². The number of rotatable bonds is 34. The summed E-state index contributed by atoms with van der Waals surface area (Å²) in [5.41, 5.74) is 1.28. The second kappa shape index (κ2) is 33.4. The van der Waals surface area contributed by atoms with Crippen molar-refractivity contribution in [1.82, 2.24) is 29.6 Å². The summed E-state index contributed by atoms with van der Waals surface area (Å²) in [5, 5.41) is 14.8. The van der Waals surface area contributed by atoms with Crippen LogP contribution in [-0.2, 0) is 52.5 Å². The van der Waals surface area contributed by atoms with Gasteiger partial charge < -0.3 is 54.1 Å². The fourth-order valence-electron chi connectivity index (χ4n) is 8.51. The van der Waals surface area contributed by atoms with Crippen LogP contribution in [0.1, 0.15) is 86.5 Å². The number of nitrogens with zero attached hydrogens (tertiary/aromatic N) is 4. The summed E-state index contributed by atoms with van der Waals surface area (Å²) in [6.45, 7) is 14.4. The van der Waals surface area contributed by atoms with E-state index < -0.39 is 24.2 Å². The van der Waals surface area contributed by atoms with Crippen molar-refractivity contribution in [3.8, 4) is 0 Å². The minimum Gasteiger partial charge on any atom is -0.516 e. The first-order valence-electron chi connectivity index (χ1n) is 24.6. The van der Waals surface area contributed by atoms with Gasteiger partial charge in [0.15, 0.2) is 0 Å². The van der Waals surface area contributed by atoms with Gasteiger partial charge in [-0.1, -0.05) is 48.0 Å². The number of likely N-dealkylation sites (tertiary alicyclic amines) is 1. The molecule has 0 bridgehead atoms. The van der Waals surface area contributed by atoms with Crippen molar-refractivity contribution in [2.24, 2.45) is 17.8 Å². The van der Waals surface area contributed by atoms with Gasteiger partial charge in [0.05, 0.1) is 108 Å². The number of nitrogens with one attached hydrogen (secondary N) is 3. The van der Waals surface area contributed by atoms with Gasteiger partial charge in [0.25, 0.3) is 0 Å². The van der Waals surface area contributed by atoms with E-state index in [9.17, 15) is 28.8 Å². The Morgan fingerprint density at radius 1 is 0.857 bits per heavy atom. The molecule has 0 aliphatic carbocycles. The fraction of sp³-hybridized carbons (Fsp3) is 0.720. The molecule has 19 nitrogen and oxygen atoms in total. The van der Waals surface area contributed by atoms with Crippen LogP contribution in [0, 0.1) is 17.8 Å². The highest BCUT2D eigenvalue weighted by Gasteiger charge is 2.42. The average molecular weight is 1010 g/mol. The molecular formula is C50H85N7O12S. The number of carbonyl (C=O) groups is 6. The molecule has 1 aromatic carbocycles. The fourth-order valence-corrected chi connectivity index (χ4v) is 9.18. The van der Waals surface area contributed by atoms with Gasteiger partial charge in [-0.3, -0.25) is 38.4 Å². The summed E-state index contributed by atoms with van der Waals surface area (Å²) < 4.78 is 31.4. The lowest BCUT2D eigenvalue weighted by molar-refractivity contribution is -0.145. The Kier molecular flexibility index (Phi) is 29.5. The molecule has 0 saturated carbocycles. The average Bonchev–Trinajstić information content (AvgIpc) is 3.82. The lowest BCUT2D eigenvalue weighted by Crippen LogP contribution is -2.55.